The molecule has 0 saturated carbocycles. The van der Waals surface area contributed by atoms with Crippen LogP contribution in [0.4, 0.5) is 0 Å². The molecule has 0 aliphatic carbocycles. The van der Waals surface area contributed by atoms with Gasteiger partial charge in [0.25, 0.3) is 5.89 Å². The number of likely N-dealkylation sites (N-methyl/N-ethyl adjacent to an activating group) is 1. The van der Waals surface area contributed by atoms with E-state index in [9.17, 15) is 0 Å². The number of nitrogens with zero attached hydrogens (tertiary/aromatic N) is 3. The first-order chi connectivity index (χ1) is 9.78. The van der Waals surface area contributed by atoms with Crippen LogP contribution >= 0.6 is 0 Å². The largest absolute Gasteiger partial charge is 0.334 e. The molecule has 0 bridgehead atoms. The first-order valence-corrected chi connectivity index (χ1v) is 6.62. The van der Waals surface area contributed by atoms with E-state index in [0.717, 1.165) is 22.9 Å². The summed E-state index contributed by atoms with van der Waals surface area (Å²) in [6.45, 7) is 2.08. The lowest BCUT2D eigenvalue weighted by atomic mass is 10.1. The average molecular weight is 268 g/mol. The number of fused-ring (bicyclic) bond motifs is 1. The average Bonchev–Trinajstić information content (AvgIpc) is 2.94. The Bertz CT molecular complexity index is 717. The third kappa shape index (κ3) is 2.40. The summed E-state index contributed by atoms with van der Waals surface area (Å²) in [6, 6.07) is 10.1. The summed E-state index contributed by atoms with van der Waals surface area (Å²) in [5, 5.41) is 8.22. The number of aromatic nitrogens is 3. The second-order valence-corrected chi connectivity index (χ2v) is 4.79. The highest BCUT2D eigenvalue weighted by Gasteiger charge is 2.13. The number of hydrogen-bond acceptors (Lipinski definition) is 5. The zero-order valence-corrected chi connectivity index (χ0v) is 11.5. The third-order valence-electron chi connectivity index (χ3n) is 3.33. The van der Waals surface area contributed by atoms with E-state index in [4.69, 9.17) is 4.52 Å². The Morgan fingerprint density at radius 1 is 1.25 bits per heavy atom. The van der Waals surface area contributed by atoms with Gasteiger partial charge in [0.05, 0.1) is 5.52 Å². The fraction of sp³-hybridized carbons (Fsp3) is 0.267. The highest BCUT2D eigenvalue weighted by molar-refractivity contribution is 5.92. The Hall–Kier alpha value is -2.27. The normalized spacial score (nSPS) is 12.7. The first-order valence-electron chi connectivity index (χ1n) is 6.62. The summed E-state index contributed by atoms with van der Waals surface area (Å²) < 4.78 is 5.39. The Balaban J connectivity index is 1.99. The van der Waals surface area contributed by atoms with Crippen LogP contribution in [0.15, 0.2) is 41.1 Å². The van der Waals surface area contributed by atoms with Crippen molar-refractivity contribution in [2.45, 2.75) is 19.4 Å². The van der Waals surface area contributed by atoms with E-state index >= 15 is 0 Å². The van der Waals surface area contributed by atoms with Gasteiger partial charge in [-0.15, -0.1) is 0 Å². The maximum Gasteiger partial charge on any atom is 0.258 e. The van der Waals surface area contributed by atoms with E-state index in [-0.39, 0.29) is 0 Å². The smallest absolute Gasteiger partial charge is 0.258 e. The summed E-state index contributed by atoms with van der Waals surface area (Å²) in [4.78, 5) is 8.81. The van der Waals surface area contributed by atoms with Gasteiger partial charge in [-0.2, -0.15) is 4.98 Å². The Labute approximate surface area is 117 Å². The van der Waals surface area contributed by atoms with Crippen LogP contribution < -0.4 is 5.32 Å². The monoisotopic (exact) mass is 268 g/mol. The Kier molecular flexibility index (Phi) is 3.43. The maximum atomic E-state index is 5.39. The molecule has 102 valence electrons. The predicted molar refractivity (Wildman–Crippen MR) is 77.3 cm³/mol. The van der Waals surface area contributed by atoms with Gasteiger partial charge >= 0.3 is 0 Å². The van der Waals surface area contributed by atoms with Crippen molar-refractivity contribution in [2.24, 2.45) is 0 Å². The van der Waals surface area contributed by atoms with Gasteiger partial charge in [-0.05, 0) is 32.2 Å². The van der Waals surface area contributed by atoms with Crippen LogP contribution in [-0.2, 0) is 6.42 Å². The standard InChI is InChI=1S/C15H16N4O/c1-10(16-2)9-14-18-15(20-19-14)12-5-3-7-13-11(12)6-4-8-17-13/h3-8,10,16H,9H2,1-2H3. The van der Waals surface area contributed by atoms with Crippen molar-refractivity contribution < 1.29 is 4.52 Å². The highest BCUT2D eigenvalue weighted by Crippen LogP contribution is 2.26. The van der Waals surface area contributed by atoms with Crippen molar-refractivity contribution in [3.05, 3.63) is 42.4 Å². The van der Waals surface area contributed by atoms with Crippen molar-refractivity contribution in [3.8, 4) is 11.5 Å². The van der Waals surface area contributed by atoms with Gasteiger partial charge in [-0.25, -0.2) is 0 Å². The minimum Gasteiger partial charge on any atom is -0.334 e. The van der Waals surface area contributed by atoms with E-state index < -0.39 is 0 Å². The molecule has 0 aliphatic heterocycles. The SMILES string of the molecule is CNC(C)Cc1noc(-c2cccc3ncccc23)n1. The van der Waals surface area contributed by atoms with Crippen molar-refractivity contribution in [2.75, 3.05) is 7.05 Å². The predicted octanol–water partition coefficient (Wildman–Crippen LogP) is 2.44. The Morgan fingerprint density at radius 2 is 2.15 bits per heavy atom. The molecule has 1 unspecified atom stereocenters. The highest BCUT2D eigenvalue weighted by atomic mass is 16.5. The van der Waals surface area contributed by atoms with Crippen molar-refractivity contribution >= 4 is 10.9 Å². The summed E-state index contributed by atoms with van der Waals surface area (Å²) in [7, 11) is 1.92. The molecule has 20 heavy (non-hydrogen) atoms. The van der Waals surface area contributed by atoms with Gasteiger partial charge in [0.2, 0.25) is 0 Å². The van der Waals surface area contributed by atoms with E-state index in [1.165, 1.54) is 0 Å². The van der Waals surface area contributed by atoms with Crippen LogP contribution in [0.25, 0.3) is 22.4 Å². The number of pyridine rings is 1. The van der Waals surface area contributed by atoms with Gasteiger partial charge in [-0.3, -0.25) is 4.98 Å². The van der Waals surface area contributed by atoms with Crippen molar-refractivity contribution in [1.29, 1.82) is 0 Å². The number of nitrogens with one attached hydrogen (secondary N) is 1. The molecule has 3 aromatic rings. The van der Waals surface area contributed by atoms with Gasteiger partial charge in [0.15, 0.2) is 5.82 Å². The molecule has 1 aromatic carbocycles. The Morgan fingerprint density at radius 3 is 3.00 bits per heavy atom. The molecular formula is C15H16N4O. The molecule has 5 nitrogen and oxygen atoms in total. The second-order valence-electron chi connectivity index (χ2n) is 4.79. The van der Waals surface area contributed by atoms with E-state index in [2.05, 4.69) is 27.4 Å². The van der Waals surface area contributed by atoms with Crippen LogP contribution in [0, 0.1) is 0 Å². The van der Waals surface area contributed by atoms with Crippen LogP contribution in [0.3, 0.4) is 0 Å². The van der Waals surface area contributed by atoms with Gasteiger partial charge in [0.1, 0.15) is 0 Å². The van der Waals surface area contributed by atoms with E-state index in [1.807, 2.05) is 37.4 Å². The third-order valence-corrected chi connectivity index (χ3v) is 3.33. The summed E-state index contributed by atoms with van der Waals surface area (Å²) in [5.41, 5.74) is 1.85. The van der Waals surface area contributed by atoms with Gasteiger partial charge in [0, 0.05) is 29.6 Å². The molecule has 2 heterocycles. The minimum atomic E-state index is 0.314. The molecule has 0 saturated heterocycles. The summed E-state index contributed by atoms with van der Waals surface area (Å²) >= 11 is 0. The van der Waals surface area contributed by atoms with Crippen molar-refractivity contribution in [1.82, 2.24) is 20.4 Å². The lowest BCUT2D eigenvalue weighted by Gasteiger charge is -2.04. The molecule has 3 rings (SSSR count). The molecule has 0 amide bonds. The summed E-state index contributed by atoms with van der Waals surface area (Å²) in [6.07, 6.45) is 2.52. The summed E-state index contributed by atoms with van der Waals surface area (Å²) in [5.74, 6) is 1.25. The number of benzene rings is 1. The van der Waals surface area contributed by atoms with E-state index in [0.29, 0.717) is 17.8 Å². The molecule has 1 atom stereocenters. The zero-order valence-electron chi connectivity index (χ0n) is 11.5. The topological polar surface area (TPSA) is 63.8 Å². The van der Waals surface area contributed by atoms with Crippen LogP contribution in [0.5, 0.6) is 0 Å². The number of hydrogen-bond donors (Lipinski definition) is 1. The lowest BCUT2D eigenvalue weighted by molar-refractivity contribution is 0.418. The fourth-order valence-electron chi connectivity index (χ4n) is 2.11. The maximum absolute atomic E-state index is 5.39. The zero-order chi connectivity index (χ0) is 13.9. The van der Waals surface area contributed by atoms with E-state index in [1.54, 1.807) is 6.20 Å². The quantitative estimate of drug-likeness (QED) is 0.787. The molecule has 1 N–H and O–H groups in total. The molecule has 0 radical (unpaired) electrons. The molecular weight excluding hydrogens is 252 g/mol. The van der Waals surface area contributed by atoms with Crippen LogP contribution in [0.1, 0.15) is 12.7 Å². The van der Waals surface area contributed by atoms with Gasteiger partial charge in [-0.1, -0.05) is 17.3 Å². The van der Waals surface area contributed by atoms with Crippen molar-refractivity contribution in [3.63, 3.8) is 0 Å². The number of rotatable bonds is 4. The molecule has 2 aromatic heterocycles. The van der Waals surface area contributed by atoms with Gasteiger partial charge < -0.3 is 9.84 Å². The lowest BCUT2D eigenvalue weighted by Crippen LogP contribution is -2.24. The fourth-order valence-corrected chi connectivity index (χ4v) is 2.11. The molecule has 0 spiro atoms. The van der Waals surface area contributed by atoms with Crippen LogP contribution in [-0.4, -0.2) is 28.2 Å². The minimum absolute atomic E-state index is 0.314. The molecule has 0 fully saturated rings. The van der Waals surface area contributed by atoms with Crippen LogP contribution in [0.2, 0.25) is 0 Å². The molecule has 5 heteroatoms. The molecule has 0 aliphatic rings. The second kappa shape index (κ2) is 5.38. The first kappa shape index (κ1) is 12.7.